The van der Waals surface area contributed by atoms with Gasteiger partial charge in [-0.1, -0.05) is 34.1 Å². The molecule has 0 bridgehead atoms. The molecular formula is C16H32N2O. The summed E-state index contributed by atoms with van der Waals surface area (Å²) in [5, 5.41) is 3.79. The van der Waals surface area contributed by atoms with Crippen molar-refractivity contribution in [1.29, 1.82) is 0 Å². The van der Waals surface area contributed by atoms with Crippen LogP contribution in [0.3, 0.4) is 0 Å². The Kier molecular flexibility index (Phi) is 4.91. The summed E-state index contributed by atoms with van der Waals surface area (Å²) in [6.45, 7) is 15.9. The lowest BCUT2D eigenvalue weighted by atomic mass is 9.86. The molecule has 3 nitrogen and oxygen atoms in total. The molecule has 2 saturated heterocycles. The Balaban J connectivity index is 2.13. The SMILES string of the molecule is CCC(C)C1CN(C2(C)CCOC2)C(C(C)C)CN1. The minimum Gasteiger partial charge on any atom is -0.379 e. The average Bonchev–Trinajstić information content (AvgIpc) is 2.85. The van der Waals surface area contributed by atoms with Crippen LogP contribution in [0, 0.1) is 11.8 Å². The van der Waals surface area contributed by atoms with E-state index in [1.54, 1.807) is 0 Å². The molecule has 0 radical (unpaired) electrons. The lowest BCUT2D eigenvalue weighted by Crippen LogP contribution is -2.66. The minimum atomic E-state index is 0.253. The van der Waals surface area contributed by atoms with E-state index < -0.39 is 0 Å². The summed E-state index contributed by atoms with van der Waals surface area (Å²) in [4.78, 5) is 2.76. The Labute approximate surface area is 119 Å². The van der Waals surface area contributed by atoms with E-state index in [0.717, 1.165) is 25.7 Å². The number of nitrogens with one attached hydrogen (secondary N) is 1. The van der Waals surface area contributed by atoms with Crippen LogP contribution in [-0.4, -0.2) is 48.8 Å². The molecule has 112 valence electrons. The summed E-state index contributed by atoms with van der Waals surface area (Å²) in [7, 11) is 0. The second-order valence-corrected chi connectivity index (χ2v) is 7.16. The standard InChI is InChI=1S/C16H32N2O/c1-6-13(4)14-10-18(15(9-17-14)12(2)3)16(5)7-8-19-11-16/h12-15,17H,6-11H2,1-5H3. The van der Waals surface area contributed by atoms with Crippen molar-refractivity contribution in [3.05, 3.63) is 0 Å². The highest BCUT2D eigenvalue weighted by Gasteiger charge is 2.44. The van der Waals surface area contributed by atoms with Gasteiger partial charge < -0.3 is 10.1 Å². The Morgan fingerprint density at radius 3 is 2.63 bits per heavy atom. The third kappa shape index (κ3) is 3.14. The summed E-state index contributed by atoms with van der Waals surface area (Å²) in [5.41, 5.74) is 0.253. The van der Waals surface area contributed by atoms with Crippen LogP contribution >= 0.6 is 0 Å². The van der Waals surface area contributed by atoms with Crippen LogP contribution < -0.4 is 5.32 Å². The summed E-state index contributed by atoms with van der Waals surface area (Å²) >= 11 is 0. The molecule has 2 rings (SSSR count). The highest BCUT2D eigenvalue weighted by molar-refractivity contribution is 5.00. The van der Waals surface area contributed by atoms with Gasteiger partial charge in [-0.05, 0) is 25.2 Å². The van der Waals surface area contributed by atoms with E-state index in [2.05, 4.69) is 44.8 Å². The summed E-state index contributed by atoms with van der Waals surface area (Å²) in [6.07, 6.45) is 2.44. The zero-order chi connectivity index (χ0) is 14.0. The van der Waals surface area contributed by atoms with Gasteiger partial charge in [-0.2, -0.15) is 0 Å². The largest absolute Gasteiger partial charge is 0.379 e. The van der Waals surface area contributed by atoms with Crippen LogP contribution in [0.4, 0.5) is 0 Å². The van der Waals surface area contributed by atoms with Crippen LogP contribution in [0.5, 0.6) is 0 Å². The molecule has 2 aliphatic rings. The van der Waals surface area contributed by atoms with E-state index in [1.165, 1.54) is 19.4 Å². The van der Waals surface area contributed by atoms with E-state index in [0.29, 0.717) is 18.0 Å². The first-order chi connectivity index (χ1) is 8.98. The molecule has 0 amide bonds. The van der Waals surface area contributed by atoms with Gasteiger partial charge in [-0.15, -0.1) is 0 Å². The molecule has 2 heterocycles. The van der Waals surface area contributed by atoms with Crippen molar-refractivity contribution >= 4 is 0 Å². The zero-order valence-electron chi connectivity index (χ0n) is 13.4. The van der Waals surface area contributed by atoms with Gasteiger partial charge in [0.2, 0.25) is 0 Å². The lowest BCUT2D eigenvalue weighted by Gasteiger charge is -2.51. The van der Waals surface area contributed by atoms with Crippen molar-refractivity contribution in [3.63, 3.8) is 0 Å². The Morgan fingerprint density at radius 1 is 1.37 bits per heavy atom. The number of ether oxygens (including phenoxy) is 1. The minimum absolute atomic E-state index is 0.253. The maximum absolute atomic E-state index is 5.70. The Hall–Kier alpha value is -0.120. The number of rotatable bonds is 4. The van der Waals surface area contributed by atoms with Gasteiger partial charge in [0, 0.05) is 37.3 Å². The molecule has 0 aromatic rings. The predicted molar refractivity (Wildman–Crippen MR) is 80.4 cm³/mol. The van der Waals surface area contributed by atoms with Crippen LogP contribution in [0.2, 0.25) is 0 Å². The molecule has 0 aromatic carbocycles. The number of hydrogen-bond acceptors (Lipinski definition) is 3. The fourth-order valence-electron chi connectivity index (χ4n) is 3.56. The van der Waals surface area contributed by atoms with E-state index >= 15 is 0 Å². The third-order valence-corrected chi connectivity index (χ3v) is 5.37. The van der Waals surface area contributed by atoms with E-state index in [4.69, 9.17) is 4.74 Å². The van der Waals surface area contributed by atoms with Crippen LogP contribution in [0.15, 0.2) is 0 Å². The van der Waals surface area contributed by atoms with E-state index in [9.17, 15) is 0 Å². The van der Waals surface area contributed by atoms with Gasteiger partial charge in [0.05, 0.1) is 6.61 Å². The van der Waals surface area contributed by atoms with Crippen LogP contribution in [0.1, 0.15) is 47.5 Å². The first-order valence-electron chi connectivity index (χ1n) is 8.06. The van der Waals surface area contributed by atoms with Crippen molar-refractivity contribution in [2.75, 3.05) is 26.3 Å². The second kappa shape index (κ2) is 6.11. The maximum atomic E-state index is 5.70. The molecule has 0 aromatic heterocycles. The van der Waals surface area contributed by atoms with Gasteiger partial charge in [0.1, 0.15) is 0 Å². The van der Waals surface area contributed by atoms with E-state index in [-0.39, 0.29) is 5.54 Å². The highest BCUT2D eigenvalue weighted by Crippen LogP contribution is 2.32. The fraction of sp³-hybridized carbons (Fsp3) is 1.00. The maximum Gasteiger partial charge on any atom is 0.0648 e. The normalized spacial score (nSPS) is 38.8. The fourth-order valence-corrected chi connectivity index (χ4v) is 3.56. The molecule has 0 saturated carbocycles. The van der Waals surface area contributed by atoms with Gasteiger partial charge in [0.25, 0.3) is 0 Å². The first-order valence-corrected chi connectivity index (χ1v) is 8.06. The quantitative estimate of drug-likeness (QED) is 0.848. The summed E-state index contributed by atoms with van der Waals surface area (Å²) in [6, 6.07) is 1.28. The smallest absolute Gasteiger partial charge is 0.0648 e. The van der Waals surface area contributed by atoms with Crippen molar-refractivity contribution in [1.82, 2.24) is 10.2 Å². The number of nitrogens with zero attached hydrogens (tertiary/aromatic N) is 1. The highest BCUT2D eigenvalue weighted by atomic mass is 16.5. The third-order valence-electron chi connectivity index (χ3n) is 5.37. The Morgan fingerprint density at radius 2 is 2.11 bits per heavy atom. The van der Waals surface area contributed by atoms with Crippen molar-refractivity contribution in [3.8, 4) is 0 Å². The molecular weight excluding hydrogens is 236 g/mol. The average molecular weight is 268 g/mol. The molecule has 2 fully saturated rings. The summed E-state index contributed by atoms with van der Waals surface area (Å²) < 4.78 is 5.70. The van der Waals surface area contributed by atoms with Crippen LogP contribution in [-0.2, 0) is 4.74 Å². The molecule has 2 aliphatic heterocycles. The number of hydrogen-bond donors (Lipinski definition) is 1. The van der Waals surface area contributed by atoms with E-state index in [1.807, 2.05) is 0 Å². The lowest BCUT2D eigenvalue weighted by molar-refractivity contribution is -0.0127. The monoisotopic (exact) mass is 268 g/mol. The molecule has 3 heteroatoms. The second-order valence-electron chi connectivity index (χ2n) is 7.16. The topological polar surface area (TPSA) is 24.5 Å². The number of piperazine rings is 1. The first kappa shape index (κ1) is 15.3. The zero-order valence-corrected chi connectivity index (χ0v) is 13.4. The molecule has 4 atom stereocenters. The van der Waals surface area contributed by atoms with Gasteiger partial charge in [0.15, 0.2) is 0 Å². The molecule has 0 aliphatic carbocycles. The molecule has 19 heavy (non-hydrogen) atoms. The van der Waals surface area contributed by atoms with Gasteiger partial charge in [-0.25, -0.2) is 0 Å². The molecule has 4 unspecified atom stereocenters. The van der Waals surface area contributed by atoms with Gasteiger partial charge >= 0.3 is 0 Å². The van der Waals surface area contributed by atoms with Crippen molar-refractivity contribution < 1.29 is 4.74 Å². The van der Waals surface area contributed by atoms with Gasteiger partial charge in [-0.3, -0.25) is 4.90 Å². The van der Waals surface area contributed by atoms with Crippen LogP contribution in [0.25, 0.3) is 0 Å². The summed E-state index contributed by atoms with van der Waals surface area (Å²) in [5.74, 6) is 1.45. The molecule has 1 N–H and O–H groups in total. The van der Waals surface area contributed by atoms with Crippen molar-refractivity contribution in [2.24, 2.45) is 11.8 Å². The molecule has 0 spiro atoms. The predicted octanol–water partition coefficient (Wildman–Crippen LogP) is 2.51. The Bertz CT molecular complexity index is 286. The van der Waals surface area contributed by atoms with Crippen molar-refractivity contribution in [2.45, 2.75) is 65.1 Å².